The van der Waals surface area contributed by atoms with Crippen LogP contribution in [0.2, 0.25) is 0 Å². The van der Waals surface area contributed by atoms with E-state index in [1.165, 1.54) is 18.9 Å². The van der Waals surface area contributed by atoms with Crippen LogP contribution in [0.25, 0.3) is 0 Å². The van der Waals surface area contributed by atoms with Gasteiger partial charge in [0, 0.05) is 19.1 Å². The minimum absolute atomic E-state index is 0.0290. The largest absolute Gasteiger partial charge is 0.374 e. The van der Waals surface area contributed by atoms with E-state index in [1.807, 2.05) is 13.1 Å². The quantitative estimate of drug-likeness (QED) is 0.918. The number of rotatable bonds is 4. The van der Waals surface area contributed by atoms with Crippen molar-refractivity contribution in [3.05, 3.63) is 35.1 Å². The highest BCUT2D eigenvalue weighted by atomic mass is 19.1. The van der Waals surface area contributed by atoms with Crippen molar-refractivity contribution in [2.45, 2.75) is 31.0 Å². The predicted molar refractivity (Wildman–Crippen MR) is 77.3 cm³/mol. The highest BCUT2D eigenvalue weighted by Gasteiger charge is 2.33. The summed E-state index contributed by atoms with van der Waals surface area (Å²) in [6, 6.07) is 7.38. The lowest BCUT2D eigenvalue weighted by Crippen LogP contribution is -2.47. The van der Waals surface area contributed by atoms with Crippen LogP contribution >= 0.6 is 0 Å². The Labute approximate surface area is 124 Å². The Kier molecular flexibility index (Phi) is 4.20. The Morgan fingerprint density at radius 3 is 3.00 bits per heavy atom. The summed E-state index contributed by atoms with van der Waals surface area (Å²) >= 11 is 0. The maximum Gasteiger partial charge on any atom is 0.140 e. The van der Waals surface area contributed by atoms with Crippen molar-refractivity contribution in [3.63, 3.8) is 0 Å². The summed E-state index contributed by atoms with van der Waals surface area (Å²) in [5, 5.41) is 12.5. The molecule has 2 atom stereocenters. The lowest BCUT2D eigenvalue weighted by molar-refractivity contribution is -0.0615. The molecule has 5 heteroatoms. The van der Waals surface area contributed by atoms with Crippen LogP contribution in [0.1, 0.15) is 30.0 Å². The summed E-state index contributed by atoms with van der Waals surface area (Å²) < 4.78 is 19.4. The zero-order chi connectivity index (χ0) is 14.8. The molecular formula is C16H20FN3O. The smallest absolute Gasteiger partial charge is 0.140 e. The van der Waals surface area contributed by atoms with Gasteiger partial charge in [-0.15, -0.1) is 0 Å². The SMILES string of the molecule is CN1CCOC(CNC2CC2)C1c1ccc(F)c(C#N)c1. The van der Waals surface area contributed by atoms with Crippen LogP contribution in [0.3, 0.4) is 0 Å². The van der Waals surface area contributed by atoms with Crippen LogP contribution < -0.4 is 5.32 Å². The molecule has 0 amide bonds. The van der Waals surface area contributed by atoms with Gasteiger partial charge in [0.05, 0.1) is 24.3 Å². The molecule has 1 heterocycles. The number of nitrogens with one attached hydrogen (secondary N) is 1. The van der Waals surface area contributed by atoms with Crippen LogP contribution in [0.15, 0.2) is 18.2 Å². The lowest BCUT2D eigenvalue weighted by atomic mass is 9.96. The van der Waals surface area contributed by atoms with Gasteiger partial charge in [-0.3, -0.25) is 4.90 Å². The fraction of sp³-hybridized carbons (Fsp3) is 0.562. The lowest BCUT2D eigenvalue weighted by Gasteiger charge is -2.39. The fourth-order valence-corrected chi connectivity index (χ4v) is 2.88. The average molecular weight is 289 g/mol. The highest BCUT2D eigenvalue weighted by molar-refractivity contribution is 5.36. The van der Waals surface area contributed by atoms with E-state index in [-0.39, 0.29) is 17.7 Å². The Balaban J connectivity index is 1.81. The van der Waals surface area contributed by atoms with Crippen molar-refractivity contribution in [1.29, 1.82) is 5.26 Å². The highest BCUT2D eigenvalue weighted by Crippen LogP contribution is 2.30. The maximum absolute atomic E-state index is 13.5. The van der Waals surface area contributed by atoms with Gasteiger partial charge >= 0.3 is 0 Å². The molecule has 1 aromatic rings. The molecule has 2 aliphatic rings. The number of benzene rings is 1. The number of hydrogen-bond donors (Lipinski definition) is 1. The molecule has 3 rings (SSSR count). The summed E-state index contributed by atoms with van der Waals surface area (Å²) in [7, 11) is 2.05. The average Bonchev–Trinajstić information content (AvgIpc) is 3.30. The van der Waals surface area contributed by atoms with E-state index >= 15 is 0 Å². The van der Waals surface area contributed by atoms with E-state index in [2.05, 4.69) is 10.2 Å². The summed E-state index contributed by atoms with van der Waals surface area (Å²) in [6.45, 7) is 2.33. The molecule has 21 heavy (non-hydrogen) atoms. The molecule has 2 unspecified atom stereocenters. The molecule has 1 saturated heterocycles. The molecule has 1 N–H and O–H groups in total. The summed E-state index contributed by atoms with van der Waals surface area (Å²) in [4.78, 5) is 2.22. The minimum atomic E-state index is -0.465. The third-order valence-corrected chi connectivity index (χ3v) is 4.24. The summed E-state index contributed by atoms with van der Waals surface area (Å²) in [5.74, 6) is -0.465. The normalized spacial score (nSPS) is 26.5. The topological polar surface area (TPSA) is 48.3 Å². The molecule has 112 valence electrons. The van der Waals surface area contributed by atoms with Gasteiger partial charge in [0.1, 0.15) is 11.9 Å². The second kappa shape index (κ2) is 6.10. The second-order valence-electron chi connectivity index (χ2n) is 5.87. The number of hydrogen-bond acceptors (Lipinski definition) is 4. The van der Waals surface area contributed by atoms with Gasteiger partial charge in [0.15, 0.2) is 0 Å². The third-order valence-electron chi connectivity index (χ3n) is 4.24. The van der Waals surface area contributed by atoms with Crippen LogP contribution in [0.4, 0.5) is 4.39 Å². The Morgan fingerprint density at radius 1 is 1.48 bits per heavy atom. The van der Waals surface area contributed by atoms with Crippen molar-refractivity contribution in [2.75, 3.05) is 26.7 Å². The van der Waals surface area contributed by atoms with Crippen molar-refractivity contribution in [2.24, 2.45) is 0 Å². The first-order valence-electron chi connectivity index (χ1n) is 7.44. The van der Waals surface area contributed by atoms with E-state index in [9.17, 15) is 4.39 Å². The molecule has 1 aliphatic heterocycles. The molecule has 0 spiro atoms. The number of nitriles is 1. The Bertz CT molecular complexity index is 553. The second-order valence-corrected chi connectivity index (χ2v) is 5.87. The standard InChI is InChI=1S/C16H20FN3O/c1-20-6-7-21-15(10-19-13-3-4-13)16(20)11-2-5-14(17)12(8-11)9-18/h2,5,8,13,15-16,19H,3-4,6-7,10H2,1H3. The molecule has 4 nitrogen and oxygen atoms in total. The van der Waals surface area contributed by atoms with Gasteiger partial charge in [0.25, 0.3) is 0 Å². The molecule has 0 aromatic heterocycles. The number of nitrogens with zero attached hydrogens (tertiary/aromatic N) is 2. The first-order chi connectivity index (χ1) is 10.2. The van der Waals surface area contributed by atoms with Crippen LogP contribution in [0.5, 0.6) is 0 Å². The van der Waals surface area contributed by atoms with Gasteiger partial charge in [-0.05, 0) is 37.6 Å². The van der Waals surface area contributed by atoms with E-state index in [4.69, 9.17) is 10.00 Å². The minimum Gasteiger partial charge on any atom is -0.374 e. The molecule has 1 aliphatic carbocycles. The van der Waals surface area contributed by atoms with E-state index in [1.54, 1.807) is 12.1 Å². The Hall–Kier alpha value is -1.48. The van der Waals surface area contributed by atoms with Crippen LogP contribution in [-0.2, 0) is 4.74 Å². The van der Waals surface area contributed by atoms with Crippen molar-refractivity contribution in [3.8, 4) is 6.07 Å². The van der Waals surface area contributed by atoms with Gasteiger partial charge in [-0.2, -0.15) is 5.26 Å². The number of ether oxygens (including phenoxy) is 1. The van der Waals surface area contributed by atoms with Crippen molar-refractivity contribution in [1.82, 2.24) is 10.2 Å². The summed E-state index contributed by atoms with van der Waals surface area (Å²) in [5.41, 5.74) is 1.04. The molecule has 0 bridgehead atoms. The van der Waals surface area contributed by atoms with Gasteiger partial charge in [0.2, 0.25) is 0 Å². The Morgan fingerprint density at radius 2 is 2.29 bits per heavy atom. The molecular weight excluding hydrogens is 269 g/mol. The van der Waals surface area contributed by atoms with E-state index in [0.717, 1.165) is 18.7 Å². The van der Waals surface area contributed by atoms with Gasteiger partial charge in [-0.1, -0.05) is 6.07 Å². The monoisotopic (exact) mass is 289 g/mol. The molecule has 1 saturated carbocycles. The van der Waals surface area contributed by atoms with Crippen LogP contribution in [0, 0.1) is 17.1 Å². The molecule has 0 radical (unpaired) electrons. The number of likely N-dealkylation sites (N-methyl/N-ethyl adjacent to an activating group) is 1. The maximum atomic E-state index is 13.5. The number of morpholine rings is 1. The van der Waals surface area contributed by atoms with Gasteiger partial charge in [-0.25, -0.2) is 4.39 Å². The fourth-order valence-electron chi connectivity index (χ4n) is 2.88. The molecule has 2 fully saturated rings. The third kappa shape index (κ3) is 3.24. The summed E-state index contributed by atoms with van der Waals surface area (Å²) in [6.07, 6.45) is 2.51. The van der Waals surface area contributed by atoms with Gasteiger partial charge < -0.3 is 10.1 Å². The first kappa shape index (κ1) is 14.5. The van der Waals surface area contributed by atoms with E-state index < -0.39 is 5.82 Å². The van der Waals surface area contributed by atoms with Crippen molar-refractivity contribution < 1.29 is 9.13 Å². The van der Waals surface area contributed by atoms with E-state index in [0.29, 0.717) is 12.6 Å². The first-order valence-corrected chi connectivity index (χ1v) is 7.44. The molecule has 1 aromatic carbocycles. The van der Waals surface area contributed by atoms with Crippen molar-refractivity contribution >= 4 is 0 Å². The van der Waals surface area contributed by atoms with Crippen LogP contribution in [-0.4, -0.2) is 43.8 Å². The zero-order valence-corrected chi connectivity index (χ0v) is 12.2. The predicted octanol–water partition coefficient (Wildman–Crippen LogP) is 1.82. The number of halogens is 1. The zero-order valence-electron chi connectivity index (χ0n) is 12.2.